The van der Waals surface area contributed by atoms with Gasteiger partial charge in [-0.2, -0.15) is 0 Å². The van der Waals surface area contributed by atoms with Crippen LogP contribution in [0.1, 0.15) is 25.8 Å². The Kier molecular flexibility index (Phi) is 4.56. The van der Waals surface area contributed by atoms with E-state index in [1.165, 1.54) is 10.4 Å². The number of carbonyl (C=O) groups is 1. The quantitative estimate of drug-likeness (QED) is 0.788. The number of hydrogen-bond donors (Lipinski definition) is 1. The lowest BCUT2D eigenvalue weighted by Crippen LogP contribution is -2.22. The molecular formula is C17H15N3OS. The highest BCUT2D eigenvalue weighted by atomic mass is 32.1. The summed E-state index contributed by atoms with van der Waals surface area (Å²) in [6.45, 7) is 0.445. The third-order valence-electron chi connectivity index (χ3n) is 3.17. The summed E-state index contributed by atoms with van der Waals surface area (Å²) in [5.74, 6) is -0.109. The number of amides is 1. The maximum Gasteiger partial charge on any atom is 0.251 e. The number of aromatic nitrogens is 2. The highest BCUT2D eigenvalue weighted by molar-refractivity contribution is 7.11. The van der Waals surface area contributed by atoms with Gasteiger partial charge in [0.2, 0.25) is 0 Å². The Morgan fingerprint density at radius 1 is 1.09 bits per heavy atom. The maximum absolute atomic E-state index is 12.0. The second-order valence-corrected chi connectivity index (χ2v) is 6.00. The number of nitrogens with one attached hydrogen (secondary N) is 1. The van der Waals surface area contributed by atoms with Gasteiger partial charge in [-0.3, -0.25) is 9.78 Å². The molecule has 2 aromatic heterocycles. The number of nitrogens with zero attached hydrogens (tertiary/aromatic N) is 2. The zero-order valence-corrected chi connectivity index (χ0v) is 12.7. The average Bonchev–Trinajstić information content (AvgIpc) is 3.02. The highest BCUT2D eigenvalue weighted by Crippen LogP contribution is 2.17. The number of carbonyl (C=O) groups excluding carboxylic acids is 1. The number of rotatable bonds is 5. The van der Waals surface area contributed by atoms with E-state index in [0.717, 1.165) is 11.4 Å². The van der Waals surface area contributed by atoms with Gasteiger partial charge in [0.25, 0.3) is 5.91 Å². The van der Waals surface area contributed by atoms with Crippen molar-refractivity contribution in [2.24, 2.45) is 0 Å². The van der Waals surface area contributed by atoms with Gasteiger partial charge in [-0.15, -0.1) is 11.3 Å². The molecule has 0 radical (unpaired) electrons. The minimum atomic E-state index is -0.109. The Morgan fingerprint density at radius 3 is 2.64 bits per heavy atom. The van der Waals surface area contributed by atoms with Crippen molar-refractivity contribution < 1.29 is 4.79 Å². The van der Waals surface area contributed by atoms with Crippen LogP contribution in [0.15, 0.2) is 61.1 Å². The molecule has 0 aliphatic carbocycles. The summed E-state index contributed by atoms with van der Waals surface area (Å²) in [5.41, 5.74) is 1.87. The molecule has 0 unspecified atom stereocenters. The van der Waals surface area contributed by atoms with E-state index in [1.54, 1.807) is 35.9 Å². The van der Waals surface area contributed by atoms with Crippen LogP contribution in [0.5, 0.6) is 0 Å². The van der Waals surface area contributed by atoms with Crippen molar-refractivity contribution in [2.75, 3.05) is 0 Å². The fourth-order valence-corrected chi connectivity index (χ4v) is 2.97. The van der Waals surface area contributed by atoms with Crippen molar-refractivity contribution in [3.63, 3.8) is 0 Å². The Morgan fingerprint density at radius 2 is 1.86 bits per heavy atom. The molecule has 22 heavy (non-hydrogen) atoms. The predicted molar refractivity (Wildman–Crippen MR) is 86.8 cm³/mol. The highest BCUT2D eigenvalue weighted by Gasteiger charge is 2.07. The lowest BCUT2D eigenvalue weighted by molar-refractivity contribution is 0.0951. The second-order valence-electron chi connectivity index (χ2n) is 4.80. The van der Waals surface area contributed by atoms with Gasteiger partial charge < -0.3 is 5.32 Å². The summed E-state index contributed by atoms with van der Waals surface area (Å²) in [7, 11) is 0. The fraction of sp³-hybridized carbons (Fsp3) is 0.118. The van der Waals surface area contributed by atoms with Gasteiger partial charge in [0.1, 0.15) is 5.01 Å². The molecule has 0 saturated carbocycles. The molecule has 0 aliphatic rings. The molecule has 0 aliphatic heterocycles. The van der Waals surface area contributed by atoms with Gasteiger partial charge in [0.15, 0.2) is 0 Å². The number of benzene rings is 1. The summed E-state index contributed by atoms with van der Waals surface area (Å²) < 4.78 is 0. The minimum absolute atomic E-state index is 0.109. The molecular weight excluding hydrogens is 294 g/mol. The summed E-state index contributed by atoms with van der Waals surface area (Å²) in [6.07, 6.45) is 5.97. The van der Waals surface area contributed by atoms with Crippen molar-refractivity contribution in [2.45, 2.75) is 13.0 Å². The monoisotopic (exact) mass is 309 g/mol. The van der Waals surface area contributed by atoms with Crippen LogP contribution in [0.2, 0.25) is 0 Å². The maximum atomic E-state index is 12.0. The number of thiazole rings is 1. The van der Waals surface area contributed by atoms with E-state index in [4.69, 9.17) is 0 Å². The van der Waals surface area contributed by atoms with Crippen molar-refractivity contribution in [3.05, 3.63) is 82.1 Å². The normalized spacial score (nSPS) is 10.4. The first kappa shape index (κ1) is 14.4. The van der Waals surface area contributed by atoms with Crippen LogP contribution >= 0.6 is 11.3 Å². The van der Waals surface area contributed by atoms with Crippen LogP contribution in [-0.2, 0) is 13.0 Å². The number of pyridine rings is 1. The standard InChI is InChI=1S/C17H15N3OS/c21-17(14-6-8-18-9-7-14)20-12-16-19-11-15(22-16)10-13-4-2-1-3-5-13/h1-9,11H,10,12H2,(H,20,21). The van der Waals surface area contributed by atoms with E-state index >= 15 is 0 Å². The van der Waals surface area contributed by atoms with E-state index in [0.29, 0.717) is 12.1 Å². The largest absolute Gasteiger partial charge is 0.346 e. The van der Waals surface area contributed by atoms with Gasteiger partial charge in [-0.25, -0.2) is 4.98 Å². The van der Waals surface area contributed by atoms with Crippen molar-refractivity contribution in [3.8, 4) is 0 Å². The lowest BCUT2D eigenvalue weighted by Gasteiger charge is -2.02. The van der Waals surface area contributed by atoms with E-state index in [9.17, 15) is 4.79 Å². The Hall–Kier alpha value is -2.53. The van der Waals surface area contributed by atoms with Crippen LogP contribution < -0.4 is 5.32 Å². The lowest BCUT2D eigenvalue weighted by atomic mass is 10.1. The van der Waals surface area contributed by atoms with Gasteiger partial charge in [0.05, 0.1) is 6.54 Å². The molecule has 0 spiro atoms. The molecule has 5 heteroatoms. The van der Waals surface area contributed by atoms with E-state index in [2.05, 4.69) is 27.4 Å². The van der Waals surface area contributed by atoms with Crippen molar-refractivity contribution in [1.82, 2.24) is 15.3 Å². The predicted octanol–water partition coefficient (Wildman–Crippen LogP) is 3.06. The third kappa shape index (κ3) is 3.77. The molecule has 3 rings (SSSR count). The van der Waals surface area contributed by atoms with Gasteiger partial charge in [0, 0.05) is 35.5 Å². The molecule has 3 aromatic rings. The molecule has 0 atom stereocenters. The van der Waals surface area contributed by atoms with E-state index < -0.39 is 0 Å². The molecule has 110 valence electrons. The first-order chi connectivity index (χ1) is 10.8. The first-order valence-electron chi connectivity index (χ1n) is 6.97. The van der Waals surface area contributed by atoms with Gasteiger partial charge in [-0.1, -0.05) is 30.3 Å². The molecule has 1 amide bonds. The summed E-state index contributed by atoms with van der Waals surface area (Å²) in [4.78, 5) is 21.4. The SMILES string of the molecule is O=C(NCc1ncc(Cc2ccccc2)s1)c1ccncc1. The molecule has 0 saturated heterocycles. The first-order valence-corrected chi connectivity index (χ1v) is 7.78. The molecule has 2 heterocycles. The molecule has 1 aromatic carbocycles. The smallest absolute Gasteiger partial charge is 0.251 e. The van der Waals surface area contributed by atoms with Crippen LogP contribution in [0.25, 0.3) is 0 Å². The minimum Gasteiger partial charge on any atom is -0.346 e. The topological polar surface area (TPSA) is 54.9 Å². The summed E-state index contributed by atoms with van der Waals surface area (Å²) >= 11 is 1.63. The molecule has 4 nitrogen and oxygen atoms in total. The zero-order valence-electron chi connectivity index (χ0n) is 11.9. The van der Waals surface area contributed by atoms with E-state index in [-0.39, 0.29) is 5.91 Å². The van der Waals surface area contributed by atoms with E-state index in [1.807, 2.05) is 24.4 Å². The molecule has 0 fully saturated rings. The fourth-order valence-electron chi connectivity index (χ4n) is 2.07. The number of hydrogen-bond acceptors (Lipinski definition) is 4. The van der Waals surface area contributed by atoms with Gasteiger partial charge >= 0.3 is 0 Å². The Labute approximate surface area is 132 Å². The van der Waals surface area contributed by atoms with Crippen LogP contribution in [-0.4, -0.2) is 15.9 Å². The van der Waals surface area contributed by atoms with Gasteiger partial charge in [-0.05, 0) is 17.7 Å². The van der Waals surface area contributed by atoms with Crippen molar-refractivity contribution >= 4 is 17.2 Å². The zero-order chi connectivity index (χ0) is 15.2. The Balaban J connectivity index is 1.57. The summed E-state index contributed by atoms with van der Waals surface area (Å²) in [5, 5.41) is 3.78. The van der Waals surface area contributed by atoms with Crippen LogP contribution in [0.3, 0.4) is 0 Å². The van der Waals surface area contributed by atoms with Crippen LogP contribution in [0, 0.1) is 0 Å². The Bertz CT molecular complexity index is 741. The molecule has 1 N–H and O–H groups in total. The molecule has 0 bridgehead atoms. The average molecular weight is 309 g/mol. The van der Waals surface area contributed by atoms with Crippen LogP contribution in [0.4, 0.5) is 0 Å². The summed E-state index contributed by atoms with van der Waals surface area (Å²) in [6, 6.07) is 13.7. The second kappa shape index (κ2) is 6.95. The third-order valence-corrected chi connectivity index (χ3v) is 4.16. The van der Waals surface area contributed by atoms with Crippen molar-refractivity contribution in [1.29, 1.82) is 0 Å².